The summed E-state index contributed by atoms with van der Waals surface area (Å²) in [6.07, 6.45) is 2.72. The number of rotatable bonds is 3. The molecule has 2 heterocycles. The number of hydrogen-bond acceptors (Lipinski definition) is 6. The zero-order chi connectivity index (χ0) is 14.7. The second-order valence-corrected chi connectivity index (χ2v) is 3.84. The van der Waals surface area contributed by atoms with Gasteiger partial charge in [0.2, 0.25) is 0 Å². The summed E-state index contributed by atoms with van der Waals surface area (Å²) in [6, 6.07) is 5.92. The smallest absolute Gasteiger partial charge is 0.267 e. The number of primary amides is 1. The fourth-order valence-electron chi connectivity index (χ4n) is 1.64. The third kappa shape index (κ3) is 2.30. The lowest BCUT2D eigenvalue weighted by Crippen LogP contribution is -2.12. The van der Waals surface area contributed by atoms with Crippen molar-refractivity contribution in [1.82, 2.24) is 9.97 Å². The summed E-state index contributed by atoms with van der Waals surface area (Å²) in [6.45, 7) is 0. The van der Waals surface area contributed by atoms with E-state index in [1.807, 2.05) is 0 Å². The normalized spacial score (nSPS) is 9.75. The number of carbonyl (C=O) groups excluding carboxylic acids is 1. The maximum Gasteiger partial charge on any atom is 0.267 e. The monoisotopic (exact) mass is 267 g/mol. The summed E-state index contributed by atoms with van der Waals surface area (Å²) >= 11 is 0. The lowest BCUT2D eigenvalue weighted by Gasteiger charge is -2.07. The van der Waals surface area contributed by atoms with Crippen LogP contribution in [0.3, 0.4) is 0 Å². The molecule has 4 N–H and O–H groups in total. The van der Waals surface area contributed by atoms with Crippen LogP contribution in [0, 0.1) is 16.7 Å². The van der Waals surface area contributed by atoms with E-state index in [2.05, 4.69) is 9.97 Å². The molecule has 2 aromatic heterocycles. The number of nitrogens with one attached hydrogen (secondary N) is 1. The highest BCUT2D eigenvalue weighted by Crippen LogP contribution is 2.30. The Hall–Kier alpha value is -3.27. The predicted molar refractivity (Wildman–Crippen MR) is 70.1 cm³/mol. The van der Waals surface area contributed by atoms with Crippen LogP contribution in [0.5, 0.6) is 5.75 Å². The lowest BCUT2D eigenvalue weighted by atomic mass is 10.1. The van der Waals surface area contributed by atoms with Gasteiger partial charge in [0.1, 0.15) is 23.2 Å². The summed E-state index contributed by atoms with van der Waals surface area (Å²) in [4.78, 5) is 18.9. The van der Waals surface area contributed by atoms with Crippen LogP contribution in [0.1, 0.15) is 16.1 Å². The summed E-state index contributed by atoms with van der Waals surface area (Å²) in [5, 5.41) is 26.2. The first-order valence-corrected chi connectivity index (χ1v) is 5.47. The molecule has 0 bridgehead atoms. The van der Waals surface area contributed by atoms with Crippen molar-refractivity contribution < 1.29 is 9.90 Å². The highest BCUT2D eigenvalue weighted by Gasteiger charge is 2.15. The molecule has 98 valence electrons. The minimum atomic E-state index is -0.702. The molecule has 0 spiro atoms. The Morgan fingerprint density at radius 1 is 1.35 bits per heavy atom. The summed E-state index contributed by atoms with van der Waals surface area (Å²) in [7, 11) is 0. The average Bonchev–Trinajstić information content (AvgIpc) is 2.46. The standard InChI is InChI=1S/C13H9N5O2/c14-6-9(15)8-2-4-18-11(12(8)19)7-1-3-17-10(5-7)13(16)20/h1-5,15,19H,(H2,16,20). The van der Waals surface area contributed by atoms with Crippen molar-refractivity contribution in [2.24, 2.45) is 5.73 Å². The zero-order valence-electron chi connectivity index (χ0n) is 10.2. The van der Waals surface area contributed by atoms with Crippen LogP contribution in [0.15, 0.2) is 30.6 Å². The maximum atomic E-state index is 11.1. The van der Waals surface area contributed by atoms with E-state index < -0.39 is 5.91 Å². The molecule has 0 aliphatic rings. The van der Waals surface area contributed by atoms with Crippen molar-refractivity contribution in [2.45, 2.75) is 0 Å². The summed E-state index contributed by atoms with van der Waals surface area (Å²) in [5.74, 6) is -1.01. The molecule has 7 nitrogen and oxygen atoms in total. The first-order valence-electron chi connectivity index (χ1n) is 5.47. The van der Waals surface area contributed by atoms with E-state index in [0.717, 1.165) is 0 Å². The van der Waals surface area contributed by atoms with E-state index in [-0.39, 0.29) is 28.4 Å². The molecule has 0 aliphatic heterocycles. The van der Waals surface area contributed by atoms with Gasteiger partial charge in [0.05, 0.1) is 5.56 Å². The Labute approximate surface area is 113 Å². The van der Waals surface area contributed by atoms with Crippen molar-refractivity contribution in [3.63, 3.8) is 0 Å². The molecule has 20 heavy (non-hydrogen) atoms. The van der Waals surface area contributed by atoms with Gasteiger partial charge in [-0.25, -0.2) is 0 Å². The number of hydrogen-bond donors (Lipinski definition) is 3. The first kappa shape index (κ1) is 13.2. The van der Waals surface area contributed by atoms with E-state index in [1.54, 1.807) is 6.07 Å². The molecule has 0 radical (unpaired) electrons. The first-order chi connectivity index (χ1) is 9.54. The van der Waals surface area contributed by atoms with Crippen molar-refractivity contribution in [2.75, 3.05) is 0 Å². The molecule has 0 saturated heterocycles. The average molecular weight is 267 g/mol. The molecule has 0 aromatic carbocycles. The fraction of sp³-hybridized carbons (Fsp3) is 0. The van der Waals surface area contributed by atoms with Crippen LogP contribution in [0.25, 0.3) is 11.3 Å². The second kappa shape index (κ2) is 5.16. The molecule has 0 unspecified atom stereocenters. The third-order valence-corrected chi connectivity index (χ3v) is 2.59. The van der Waals surface area contributed by atoms with E-state index in [9.17, 15) is 9.90 Å². The second-order valence-electron chi connectivity index (χ2n) is 3.84. The molecule has 0 fully saturated rings. The van der Waals surface area contributed by atoms with Gasteiger partial charge in [-0.15, -0.1) is 0 Å². The van der Waals surface area contributed by atoms with E-state index in [0.29, 0.717) is 5.56 Å². The van der Waals surface area contributed by atoms with Crippen LogP contribution < -0.4 is 5.73 Å². The number of aromatic nitrogens is 2. The molecule has 7 heteroatoms. The Morgan fingerprint density at radius 3 is 2.70 bits per heavy atom. The van der Waals surface area contributed by atoms with Crippen molar-refractivity contribution in [3.8, 4) is 23.1 Å². The summed E-state index contributed by atoms with van der Waals surface area (Å²) < 4.78 is 0. The van der Waals surface area contributed by atoms with Gasteiger partial charge in [-0.05, 0) is 18.2 Å². The number of nitrogens with zero attached hydrogens (tertiary/aromatic N) is 3. The third-order valence-electron chi connectivity index (χ3n) is 2.59. The number of aromatic hydroxyl groups is 1. The largest absolute Gasteiger partial charge is 0.505 e. The number of pyridine rings is 2. The van der Waals surface area contributed by atoms with Crippen molar-refractivity contribution in [3.05, 3.63) is 41.9 Å². The van der Waals surface area contributed by atoms with Gasteiger partial charge < -0.3 is 10.8 Å². The van der Waals surface area contributed by atoms with Gasteiger partial charge in [0, 0.05) is 18.0 Å². The SMILES string of the molecule is N#CC(=N)c1ccnc(-c2ccnc(C(N)=O)c2)c1O. The van der Waals surface area contributed by atoms with Gasteiger partial charge in [0.25, 0.3) is 5.91 Å². The molecule has 1 amide bonds. The Bertz CT molecular complexity index is 749. The number of nitriles is 1. The van der Waals surface area contributed by atoms with E-state index in [1.165, 1.54) is 30.6 Å². The number of amides is 1. The van der Waals surface area contributed by atoms with Gasteiger partial charge in [0.15, 0.2) is 5.75 Å². The van der Waals surface area contributed by atoms with E-state index in [4.69, 9.17) is 16.4 Å². The zero-order valence-corrected chi connectivity index (χ0v) is 10.2. The maximum absolute atomic E-state index is 11.1. The number of carbonyl (C=O) groups is 1. The quantitative estimate of drug-likeness (QED) is 0.707. The highest BCUT2D eigenvalue weighted by atomic mass is 16.3. The van der Waals surface area contributed by atoms with Gasteiger partial charge in [-0.2, -0.15) is 5.26 Å². The van der Waals surface area contributed by atoms with Crippen molar-refractivity contribution >= 4 is 11.6 Å². The molecule has 0 atom stereocenters. The number of nitrogens with two attached hydrogens (primary N) is 1. The lowest BCUT2D eigenvalue weighted by molar-refractivity contribution is 0.0995. The highest BCUT2D eigenvalue weighted by molar-refractivity contribution is 6.12. The van der Waals surface area contributed by atoms with Crippen LogP contribution >= 0.6 is 0 Å². The van der Waals surface area contributed by atoms with E-state index >= 15 is 0 Å². The predicted octanol–water partition coefficient (Wildman–Crippen LogP) is 0.840. The topological polar surface area (TPSA) is 137 Å². The van der Waals surface area contributed by atoms with Gasteiger partial charge in [-0.1, -0.05) is 0 Å². The minimum absolute atomic E-state index is 0.0319. The molecule has 0 aliphatic carbocycles. The Kier molecular flexibility index (Phi) is 3.39. The van der Waals surface area contributed by atoms with Crippen LogP contribution in [0.2, 0.25) is 0 Å². The Balaban J connectivity index is 2.59. The summed E-state index contributed by atoms with van der Waals surface area (Å²) in [5.41, 5.74) is 5.42. The fourth-order valence-corrected chi connectivity index (χ4v) is 1.64. The molecular weight excluding hydrogens is 258 g/mol. The van der Waals surface area contributed by atoms with Gasteiger partial charge in [-0.3, -0.25) is 20.2 Å². The van der Waals surface area contributed by atoms with Crippen LogP contribution in [0.4, 0.5) is 0 Å². The minimum Gasteiger partial charge on any atom is -0.505 e. The van der Waals surface area contributed by atoms with Crippen LogP contribution in [-0.2, 0) is 0 Å². The van der Waals surface area contributed by atoms with Gasteiger partial charge >= 0.3 is 0 Å². The molecule has 2 rings (SSSR count). The molecule has 0 saturated carbocycles. The van der Waals surface area contributed by atoms with Crippen molar-refractivity contribution in [1.29, 1.82) is 10.7 Å². The van der Waals surface area contributed by atoms with Crippen LogP contribution in [-0.4, -0.2) is 26.7 Å². The molecule has 2 aromatic rings. The molecular formula is C13H9N5O2. The Morgan fingerprint density at radius 2 is 2.05 bits per heavy atom.